The molecular formula is C21H21N3O3. The Morgan fingerprint density at radius 3 is 1.81 bits per heavy atom. The predicted octanol–water partition coefficient (Wildman–Crippen LogP) is 1.85. The van der Waals surface area contributed by atoms with Crippen LogP contribution in [0, 0.1) is 0 Å². The van der Waals surface area contributed by atoms with Crippen molar-refractivity contribution >= 4 is 33.6 Å². The lowest BCUT2D eigenvalue weighted by molar-refractivity contribution is -0.138. The molecule has 0 unspecified atom stereocenters. The van der Waals surface area contributed by atoms with E-state index < -0.39 is 0 Å². The fraction of sp³-hybridized carbons (Fsp3) is 0.286. The van der Waals surface area contributed by atoms with E-state index in [0.29, 0.717) is 37.0 Å². The molecule has 2 amide bonds. The van der Waals surface area contributed by atoms with Crippen molar-refractivity contribution in [3.8, 4) is 0 Å². The van der Waals surface area contributed by atoms with E-state index in [1.807, 2.05) is 41.0 Å². The van der Waals surface area contributed by atoms with Crippen molar-refractivity contribution in [1.29, 1.82) is 0 Å². The molecule has 6 heteroatoms. The molecule has 1 fully saturated rings. The van der Waals surface area contributed by atoms with E-state index in [9.17, 15) is 14.4 Å². The van der Waals surface area contributed by atoms with Crippen LogP contribution >= 0.6 is 0 Å². The van der Waals surface area contributed by atoms with Crippen LogP contribution in [0.4, 0.5) is 0 Å². The molecule has 1 aromatic heterocycles. The van der Waals surface area contributed by atoms with Gasteiger partial charge in [-0.3, -0.25) is 14.4 Å². The SMILES string of the molecule is CC(=O)N1CCN(C(=O)Cn2c3ccccc3c(=O)c3ccccc32)CC1. The zero-order valence-corrected chi connectivity index (χ0v) is 15.2. The van der Waals surface area contributed by atoms with Crippen LogP contribution in [0.3, 0.4) is 0 Å². The quantitative estimate of drug-likeness (QED) is 0.653. The van der Waals surface area contributed by atoms with Crippen molar-refractivity contribution < 1.29 is 9.59 Å². The van der Waals surface area contributed by atoms with E-state index in [2.05, 4.69) is 0 Å². The fourth-order valence-corrected chi connectivity index (χ4v) is 3.75. The van der Waals surface area contributed by atoms with Crippen molar-refractivity contribution in [2.75, 3.05) is 26.2 Å². The number of carbonyl (C=O) groups is 2. The molecule has 2 aromatic carbocycles. The first-order valence-electron chi connectivity index (χ1n) is 9.10. The highest BCUT2D eigenvalue weighted by molar-refractivity contribution is 5.94. The van der Waals surface area contributed by atoms with Gasteiger partial charge in [-0.2, -0.15) is 0 Å². The highest BCUT2D eigenvalue weighted by Crippen LogP contribution is 2.19. The maximum Gasteiger partial charge on any atom is 0.242 e. The largest absolute Gasteiger partial charge is 0.339 e. The second-order valence-corrected chi connectivity index (χ2v) is 6.84. The van der Waals surface area contributed by atoms with Crippen LogP contribution < -0.4 is 5.43 Å². The van der Waals surface area contributed by atoms with E-state index >= 15 is 0 Å². The van der Waals surface area contributed by atoms with Gasteiger partial charge >= 0.3 is 0 Å². The van der Waals surface area contributed by atoms with Gasteiger partial charge in [-0.25, -0.2) is 0 Å². The molecule has 0 saturated carbocycles. The van der Waals surface area contributed by atoms with Crippen LogP contribution in [0.5, 0.6) is 0 Å². The lowest BCUT2D eigenvalue weighted by atomic mass is 10.1. The van der Waals surface area contributed by atoms with Gasteiger partial charge in [-0.15, -0.1) is 0 Å². The molecule has 1 saturated heterocycles. The Morgan fingerprint density at radius 2 is 1.30 bits per heavy atom. The number of aromatic nitrogens is 1. The van der Waals surface area contributed by atoms with E-state index in [1.165, 1.54) is 0 Å². The van der Waals surface area contributed by atoms with Crippen molar-refractivity contribution in [2.45, 2.75) is 13.5 Å². The molecule has 3 aromatic rings. The molecule has 4 rings (SSSR count). The second kappa shape index (κ2) is 6.87. The number of fused-ring (bicyclic) bond motifs is 2. The average molecular weight is 363 g/mol. The number of nitrogens with zero attached hydrogens (tertiary/aromatic N) is 3. The zero-order chi connectivity index (χ0) is 19.0. The summed E-state index contributed by atoms with van der Waals surface area (Å²) in [5, 5.41) is 1.23. The van der Waals surface area contributed by atoms with Gasteiger partial charge in [0.15, 0.2) is 5.43 Å². The molecule has 0 aliphatic carbocycles. The number of carbonyl (C=O) groups excluding carboxylic acids is 2. The highest BCUT2D eigenvalue weighted by atomic mass is 16.2. The van der Waals surface area contributed by atoms with E-state index in [-0.39, 0.29) is 23.8 Å². The minimum absolute atomic E-state index is 0.00263. The van der Waals surface area contributed by atoms with Crippen LogP contribution in [0.1, 0.15) is 6.92 Å². The monoisotopic (exact) mass is 363 g/mol. The third-order valence-electron chi connectivity index (χ3n) is 5.25. The van der Waals surface area contributed by atoms with Crippen LogP contribution in [-0.2, 0) is 16.1 Å². The standard InChI is InChI=1S/C21H21N3O3/c1-15(25)22-10-12-23(13-11-22)20(26)14-24-18-8-4-2-6-16(18)21(27)17-7-3-5-9-19(17)24/h2-9H,10-14H2,1H3. The molecule has 1 aliphatic heterocycles. The summed E-state index contributed by atoms with van der Waals surface area (Å²) >= 11 is 0. The van der Waals surface area contributed by atoms with Crippen molar-refractivity contribution in [1.82, 2.24) is 14.4 Å². The Morgan fingerprint density at radius 1 is 0.815 bits per heavy atom. The number of amides is 2. The van der Waals surface area contributed by atoms with Gasteiger partial charge in [0.1, 0.15) is 6.54 Å². The first kappa shape index (κ1) is 17.3. The van der Waals surface area contributed by atoms with Crippen LogP contribution in [0.2, 0.25) is 0 Å². The van der Waals surface area contributed by atoms with Crippen molar-refractivity contribution in [2.24, 2.45) is 0 Å². The number of para-hydroxylation sites is 2. The molecule has 2 heterocycles. The van der Waals surface area contributed by atoms with Crippen molar-refractivity contribution in [3.05, 3.63) is 58.8 Å². The molecule has 0 bridgehead atoms. The Hall–Kier alpha value is -3.15. The van der Waals surface area contributed by atoms with Crippen LogP contribution in [0.15, 0.2) is 53.3 Å². The number of pyridine rings is 1. The third-order valence-corrected chi connectivity index (χ3v) is 5.25. The van der Waals surface area contributed by atoms with E-state index in [4.69, 9.17) is 0 Å². The number of rotatable bonds is 2. The summed E-state index contributed by atoms with van der Waals surface area (Å²) in [5.74, 6) is 0.0386. The van der Waals surface area contributed by atoms with Gasteiger partial charge in [-0.1, -0.05) is 24.3 Å². The predicted molar refractivity (Wildman–Crippen MR) is 105 cm³/mol. The molecule has 0 N–H and O–H groups in total. The molecule has 1 aliphatic rings. The van der Waals surface area contributed by atoms with Gasteiger partial charge in [0.2, 0.25) is 11.8 Å². The molecule has 6 nitrogen and oxygen atoms in total. The fourth-order valence-electron chi connectivity index (χ4n) is 3.75. The lowest BCUT2D eigenvalue weighted by Crippen LogP contribution is -2.50. The summed E-state index contributed by atoms with van der Waals surface area (Å²) in [6, 6.07) is 14.8. The highest BCUT2D eigenvalue weighted by Gasteiger charge is 2.23. The zero-order valence-electron chi connectivity index (χ0n) is 15.2. The Kier molecular flexibility index (Phi) is 4.39. The maximum atomic E-state index is 12.9. The summed E-state index contributed by atoms with van der Waals surface area (Å²) in [6.45, 7) is 3.92. The molecular weight excluding hydrogens is 342 g/mol. The van der Waals surface area contributed by atoms with Crippen molar-refractivity contribution in [3.63, 3.8) is 0 Å². The number of hydrogen-bond donors (Lipinski definition) is 0. The summed E-state index contributed by atoms with van der Waals surface area (Å²) < 4.78 is 1.92. The van der Waals surface area contributed by atoms with Gasteiger partial charge in [0, 0.05) is 43.9 Å². The van der Waals surface area contributed by atoms with Crippen LogP contribution in [0.25, 0.3) is 21.8 Å². The number of hydrogen-bond acceptors (Lipinski definition) is 3. The van der Waals surface area contributed by atoms with Gasteiger partial charge in [0.25, 0.3) is 0 Å². The summed E-state index contributed by atoms with van der Waals surface area (Å²) in [7, 11) is 0. The third kappa shape index (κ3) is 3.07. The minimum atomic E-state index is -0.0139. The molecule has 138 valence electrons. The molecule has 0 atom stereocenters. The van der Waals surface area contributed by atoms with Gasteiger partial charge in [-0.05, 0) is 24.3 Å². The number of piperazine rings is 1. The van der Waals surface area contributed by atoms with Gasteiger partial charge < -0.3 is 14.4 Å². The summed E-state index contributed by atoms with van der Waals surface area (Å²) in [5.41, 5.74) is 1.51. The smallest absolute Gasteiger partial charge is 0.242 e. The van der Waals surface area contributed by atoms with E-state index in [1.54, 1.807) is 28.9 Å². The Bertz CT molecular complexity index is 1030. The molecule has 27 heavy (non-hydrogen) atoms. The normalized spacial score (nSPS) is 14.7. The minimum Gasteiger partial charge on any atom is -0.339 e. The first-order chi connectivity index (χ1) is 13.1. The van der Waals surface area contributed by atoms with Gasteiger partial charge in [0.05, 0.1) is 11.0 Å². The van der Waals surface area contributed by atoms with E-state index in [0.717, 1.165) is 11.0 Å². The summed E-state index contributed by atoms with van der Waals surface area (Å²) in [6.07, 6.45) is 0. The first-order valence-corrected chi connectivity index (χ1v) is 9.10. The lowest BCUT2D eigenvalue weighted by Gasteiger charge is -2.34. The molecule has 0 spiro atoms. The average Bonchev–Trinajstić information content (AvgIpc) is 2.71. The maximum absolute atomic E-state index is 12.9. The second-order valence-electron chi connectivity index (χ2n) is 6.84. The summed E-state index contributed by atoms with van der Waals surface area (Å²) in [4.78, 5) is 40.8. The topological polar surface area (TPSA) is 62.6 Å². The number of benzene rings is 2. The van der Waals surface area contributed by atoms with Crippen LogP contribution in [-0.4, -0.2) is 52.4 Å². The Labute approximate surface area is 156 Å². The molecule has 0 radical (unpaired) electrons. The Balaban J connectivity index is 1.71.